The number of methoxy groups -OCH3 is 1. The van der Waals surface area contributed by atoms with Crippen molar-refractivity contribution in [3.8, 4) is 5.88 Å². The van der Waals surface area contributed by atoms with Gasteiger partial charge >= 0.3 is 5.97 Å². The molecule has 0 spiro atoms. The van der Waals surface area contributed by atoms with Crippen LogP contribution in [0.1, 0.15) is 18.3 Å². The number of nitrogens with one attached hydrogen (secondary N) is 1. The van der Waals surface area contributed by atoms with Gasteiger partial charge < -0.3 is 15.2 Å². The molecule has 0 radical (unpaired) electrons. The van der Waals surface area contributed by atoms with Gasteiger partial charge in [0.2, 0.25) is 5.88 Å². The summed E-state index contributed by atoms with van der Waals surface area (Å²) in [5.41, 5.74) is 0.696. The Balaban J connectivity index is 3.04. The maximum absolute atomic E-state index is 10.7. The molecule has 0 saturated heterocycles. The highest BCUT2D eigenvalue weighted by Gasteiger charge is 2.15. The standard InChI is InChI=1S/C10H15N3O3/c1-5-8(11-6(2)10(14)15)12-7(3)13-9(5)16-4/h6H,1-4H3,(H,14,15)(H,11,12,13). The Kier molecular flexibility index (Phi) is 3.65. The number of hydrogen-bond donors (Lipinski definition) is 2. The van der Waals surface area contributed by atoms with E-state index in [1.165, 1.54) is 7.11 Å². The Morgan fingerprint density at radius 1 is 1.44 bits per heavy atom. The summed E-state index contributed by atoms with van der Waals surface area (Å²) < 4.78 is 5.07. The van der Waals surface area contributed by atoms with Gasteiger partial charge in [-0.05, 0) is 20.8 Å². The Morgan fingerprint density at radius 3 is 2.56 bits per heavy atom. The van der Waals surface area contributed by atoms with E-state index in [1.54, 1.807) is 20.8 Å². The number of carboxylic acid groups (broad SMARTS) is 1. The van der Waals surface area contributed by atoms with Crippen molar-refractivity contribution in [3.63, 3.8) is 0 Å². The molecule has 0 bridgehead atoms. The van der Waals surface area contributed by atoms with Crippen molar-refractivity contribution < 1.29 is 14.6 Å². The Bertz CT molecular complexity index is 407. The summed E-state index contributed by atoms with van der Waals surface area (Å²) in [7, 11) is 1.51. The molecule has 0 amide bonds. The lowest BCUT2D eigenvalue weighted by Gasteiger charge is -2.14. The molecule has 16 heavy (non-hydrogen) atoms. The zero-order chi connectivity index (χ0) is 12.3. The third-order valence-corrected chi connectivity index (χ3v) is 2.13. The van der Waals surface area contributed by atoms with E-state index in [0.717, 1.165) is 0 Å². The number of ether oxygens (including phenoxy) is 1. The summed E-state index contributed by atoms with van der Waals surface area (Å²) in [4.78, 5) is 18.9. The molecule has 0 fully saturated rings. The Hall–Kier alpha value is -1.85. The lowest BCUT2D eigenvalue weighted by molar-refractivity contribution is -0.137. The SMILES string of the molecule is COc1nc(C)nc(NC(C)C(=O)O)c1C. The minimum atomic E-state index is -0.936. The summed E-state index contributed by atoms with van der Waals surface area (Å²) >= 11 is 0. The fraction of sp³-hybridized carbons (Fsp3) is 0.500. The summed E-state index contributed by atoms with van der Waals surface area (Å²) in [6.07, 6.45) is 0. The molecule has 1 aromatic rings. The Labute approximate surface area is 93.7 Å². The average molecular weight is 225 g/mol. The number of nitrogens with zero attached hydrogens (tertiary/aromatic N) is 2. The van der Waals surface area contributed by atoms with Crippen molar-refractivity contribution >= 4 is 11.8 Å². The van der Waals surface area contributed by atoms with Crippen LogP contribution in [0.15, 0.2) is 0 Å². The quantitative estimate of drug-likeness (QED) is 0.794. The van der Waals surface area contributed by atoms with Crippen LogP contribution in [0.5, 0.6) is 5.88 Å². The van der Waals surface area contributed by atoms with Crippen molar-refractivity contribution in [3.05, 3.63) is 11.4 Å². The van der Waals surface area contributed by atoms with E-state index in [2.05, 4.69) is 15.3 Å². The minimum absolute atomic E-state index is 0.451. The van der Waals surface area contributed by atoms with Gasteiger partial charge in [0.15, 0.2) is 0 Å². The molecule has 1 rings (SSSR count). The van der Waals surface area contributed by atoms with Crippen molar-refractivity contribution in [2.24, 2.45) is 0 Å². The van der Waals surface area contributed by atoms with E-state index in [4.69, 9.17) is 9.84 Å². The molecule has 1 aromatic heterocycles. The fourth-order valence-electron chi connectivity index (χ4n) is 1.21. The molecule has 6 heteroatoms. The van der Waals surface area contributed by atoms with Gasteiger partial charge in [0.05, 0.1) is 12.7 Å². The first-order chi connectivity index (χ1) is 7.45. The second-order valence-electron chi connectivity index (χ2n) is 3.46. The molecule has 0 aliphatic heterocycles. The van der Waals surface area contributed by atoms with Crippen molar-refractivity contribution in [1.82, 2.24) is 9.97 Å². The molecule has 88 valence electrons. The first-order valence-corrected chi connectivity index (χ1v) is 4.84. The van der Waals surface area contributed by atoms with Gasteiger partial charge in [-0.25, -0.2) is 4.98 Å². The number of rotatable bonds is 4. The van der Waals surface area contributed by atoms with E-state index in [0.29, 0.717) is 23.1 Å². The van der Waals surface area contributed by atoms with E-state index in [-0.39, 0.29) is 0 Å². The highest BCUT2D eigenvalue weighted by atomic mass is 16.5. The van der Waals surface area contributed by atoms with Crippen LogP contribution in [-0.4, -0.2) is 34.2 Å². The van der Waals surface area contributed by atoms with Crippen LogP contribution in [0.25, 0.3) is 0 Å². The predicted octanol–water partition coefficient (Wildman–Crippen LogP) is 0.987. The second kappa shape index (κ2) is 4.78. The molecule has 1 unspecified atom stereocenters. The highest BCUT2D eigenvalue weighted by molar-refractivity contribution is 5.76. The zero-order valence-corrected chi connectivity index (χ0v) is 9.74. The minimum Gasteiger partial charge on any atom is -0.481 e. The van der Waals surface area contributed by atoms with Gasteiger partial charge in [0.25, 0.3) is 0 Å². The third-order valence-electron chi connectivity index (χ3n) is 2.13. The predicted molar refractivity (Wildman–Crippen MR) is 58.8 cm³/mol. The van der Waals surface area contributed by atoms with E-state index in [9.17, 15) is 4.79 Å². The number of carbonyl (C=O) groups is 1. The maximum Gasteiger partial charge on any atom is 0.325 e. The molecular weight excluding hydrogens is 210 g/mol. The van der Waals surface area contributed by atoms with Crippen molar-refractivity contribution in [2.75, 3.05) is 12.4 Å². The number of aliphatic carboxylic acids is 1. The average Bonchev–Trinajstić information content (AvgIpc) is 2.22. The van der Waals surface area contributed by atoms with E-state index < -0.39 is 12.0 Å². The summed E-state index contributed by atoms with van der Waals surface area (Å²) in [6.45, 7) is 5.04. The maximum atomic E-state index is 10.7. The molecule has 1 heterocycles. The summed E-state index contributed by atoms with van der Waals surface area (Å²) in [6, 6.07) is -0.710. The van der Waals surface area contributed by atoms with Crippen LogP contribution in [0.4, 0.5) is 5.82 Å². The first kappa shape index (κ1) is 12.2. The topological polar surface area (TPSA) is 84.3 Å². The zero-order valence-electron chi connectivity index (χ0n) is 9.74. The fourth-order valence-corrected chi connectivity index (χ4v) is 1.21. The molecule has 0 aliphatic rings. The monoisotopic (exact) mass is 225 g/mol. The molecule has 2 N–H and O–H groups in total. The van der Waals surface area contributed by atoms with Crippen LogP contribution in [0.2, 0.25) is 0 Å². The largest absolute Gasteiger partial charge is 0.481 e. The lowest BCUT2D eigenvalue weighted by Crippen LogP contribution is -2.26. The second-order valence-corrected chi connectivity index (χ2v) is 3.46. The molecule has 0 saturated carbocycles. The van der Waals surface area contributed by atoms with Crippen LogP contribution in [0, 0.1) is 13.8 Å². The molecule has 0 aromatic carbocycles. The smallest absolute Gasteiger partial charge is 0.325 e. The van der Waals surface area contributed by atoms with E-state index >= 15 is 0 Å². The van der Waals surface area contributed by atoms with Gasteiger partial charge in [-0.1, -0.05) is 0 Å². The van der Waals surface area contributed by atoms with Crippen LogP contribution in [0.3, 0.4) is 0 Å². The molecular formula is C10H15N3O3. The highest BCUT2D eigenvalue weighted by Crippen LogP contribution is 2.21. The number of aromatic nitrogens is 2. The van der Waals surface area contributed by atoms with Gasteiger partial charge in [0, 0.05) is 0 Å². The number of carboxylic acids is 1. The van der Waals surface area contributed by atoms with Crippen molar-refractivity contribution in [2.45, 2.75) is 26.8 Å². The van der Waals surface area contributed by atoms with Crippen LogP contribution < -0.4 is 10.1 Å². The lowest BCUT2D eigenvalue weighted by atomic mass is 10.3. The molecule has 0 aliphatic carbocycles. The van der Waals surface area contributed by atoms with Gasteiger partial charge in [-0.15, -0.1) is 0 Å². The molecule has 1 atom stereocenters. The number of aryl methyl sites for hydroxylation is 1. The molecule has 6 nitrogen and oxygen atoms in total. The number of anilines is 1. The summed E-state index contributed by atoms with van der Waals surface area (Å²) in [5.74, 6) is 0.531. The first-order valence-electron chi connectivity index (χ1n) is 4.84. The van der Waals surface area contributed by atoms with Crippen molar-refractivity contribution in [1.29, 1.82) is 0 Å². The number of hydrogen-bond acceptors (Lipinski definition) is 5. The van der Waals surface area contributed by atoms with Gasteiger partial charge in [-0.3, -0.25) is 4.79 Å². The van der Waals surface area contributed by atoms with Gasteiger partial charge in [-0.2, -0.15) is 4.98 Å². The Morgan fingerprint density at radius 2 is 2.06 bits per heavy atom. The van der Waals surface area contributed by atoms with E-state index in [1.807, 2.05) is 0 Å². The van der Waals surface area contributed by atoms with Gasteiger partial charge in [0.1, 0.15) is 17.7 Å². The van der Waals surface area contributed by atoms with Crippen LogP contribution >= 0.6 is 0 Å². The third kappa shape index (κ3) is 2.59. The normalized spacial score (nSPS) is 12.0. The summed E-state index contributed by atoms with van der Waals surface area (Å²) in [5, 5.41) is 11.6. The van der Waals surface area contributed by atoms with Crippen LogP contribution in [-0.2, 0) is 4.79 Å².